The number of hydrogen-bond donors (Lipinski definition) is 3. The number of hydrogen-bond acceptors (Lipinski definition) is 9. The molecule has 3 N–H and O–H groups in total. The van der Waals surface area contributed by atoms with Crippen LogP contribution in [0.25, 0.3) is 0 Å². The third-order valence-corrected chi connectivity index (χ3v) is 10.1. The number of carbonyl (C=O) groups is 4. The van der Waals surface area contributed by atoms with Gasteiger partial charge in [-0.1, -0.05) is 27.7 Å². The molecule has 4 aliphatic rings. The van der Waals surface area contributed by atoms with Crippen molar-refractivity contribution in [2.24, 2.45) is 22.7 Å². The van der Waals surface area contributed by atoms with Gasteiger partial charge >= 0.3 is 11.9 Å². The summed E-state index contributed by atoms with van der Waals surface area (Å²) in [7, 11) is 0. The Balaban J connectivity index is 2.03. The summed E-state index contributed by atoms with van der Waals surface area (Å²) in [5, 5.41) is 27.0. The first-order chi connectivity index (χ1) is 20.5. The van der Waals surface area contributed by atoms with Crippen LogP contribution in [-0.4, -0.2) is 76.0 Å². The van der Waals surface area contributed by atoms with E-state index in [4.69, 9.17) is 20.6 Å². The number of Topliss-reactive ketones (excluding diaryl/α,β-unsaturated/α-hetero) is 1. The number of esters is 2. The molecular weight excluding hydrogens is 566 g/mol. The van der Waals surface area contributed by atoms with Crippen LogP contribution in [0.3, 0.4) is 0 Å². The number of nitrogens with one attached hydrogen (secondary N) is 1. The van der Waals surface area contributed by atoms with Gasteiger partial charge in [-0.15, -0.1) is 6.42 Å². The van der Waals surface area contributed by atoms with Gasteiger partial charge in [0.15, 0.2) is 5.60 Å². The molecule has 44 heavy (non-hydrogen) atoms. The summed E-state index contributed by atoms with van der Waals surface area (Å²) in [4.78, 5) is 53.3. The molecule has 1 saturated heterocycles. The molecule has 0 aromatic rings. The second-order valence-corrected chi connectivity index (χ2v) is 12.8. The molecule has 9 atom stereocenters. The van der Waals surface area contributed by atoms with E-state index < -0.39 is 76.1 Å². The van der Waals surface area contributed by atoms with Crippen LogP contribution >= 0.6 is 0 Å². The van der Waals surface area contributed by atoms with Crippen molar-refractivity contribution in [3.05, 3.63) is 11.1 Å². The average Bonchev–Trinajstić information content (AvgIpc) is 2.92. The Labute approximate surface area is 257 Å². The molecule has 2 unspecified atom stereocenters. The van der Waals surface area contributed by atoms with E-state index in [1.165, 1.54) is 13.8 Å². The first-order valence-corrected chi connectivity index (χ1v) is 14.4. The zero-order valence-electron chi connectivity index (χ0n) is 25.9. The number of aliphatic hydroxyl groups is 2. The second-order valence-electron chi connectivity index (χ2n) is 12.8. The van der Waals surface area contributed by atoms with Gasteiger partial charge in [0.2, 0.25) is 5.91 Å². The molecule has 1 amide bonds. The number of terminal acetylenes is 1. The third kappa shape index (κ3) is 4.89. The molecule has 1 aliphatic heterocycles. The van der Waals surface area contributed by atoms with Gasteiger partial charge in [-0.3, -0.25) is 14.4 Å². The third-order valence-electron chi connectivity index (χ3n) is 10.1. The number of ketones is 1. The number of ether oxygens (including phenoxy) is 3. The molecule has 10 heteroatoms. The van der Waals surface area contributed by atoms with E-state index in [2.05, 4.69) is 46.8 Å². The molecular formula is C34H37NO9. The highest BCUT2D eigenvalue weighted by Gasteiger charge is 2.77. The lowest BCUT2D eigenvalue weighted by Gasteiger charge is -2.68. The largest absolute Gasteiger partial charge is 0.454 e. The van der Waals surface area contributed by atoms with Gasteiger partial charge in [-0.2, -0.15) is 0 Å². The lowest BCUT2D eigenvalue weighted by molar-refractivity contribution is -0.336. The van der Waals surface area contributed by atoms with Crippen molar-refractivity contribution in [1.29, 1.82) is 0 Å². The molecule has 2 saturated carbocycles. The Morgan fingerprint density at radius 2 is 1.73 bits per heavy atom. The fourth-order valence-electron chi connectivity index (χ4n) is 8.24. The van der Waals surface area contributed by atoms with E-state index in [0.717, 1.165) is 0 Å². The van der Waals surface area contributed by atoms with Gasteiger partial charge in [0.1, 0.15) is 23.6 Å². The minimum absolute atomic E-state index is 0.121. The number of fused-ring (bicyclic) bond motifs is 5. The zero-order valence-corrected chi connectivity index (χ0v) is 25.9. The van der Waals surface area contributed by atoms with Crippen molar-refractivity contribution >= 4 is 23.6 Å². The van der Waals surface area contributed by atoms with E-state index in [9.17, 15) is 29.4 Å². The van der Waals surface area contributed by atoms with Crippen molar-refractivity contribution in [1.82, 2.24) is 5.32 Å². The summed E-state index contributed by atoms with van der Waals surface area (Å²) in [5.74, 6) is 11.6. The zero-order chi connectivity index (χ0) is 32.8. The molecule has 0 aromatic carbocycles. The molecule has 10 nitrogen and oxygen atoms in total. The fraction of sp³-hybridized carbons (Fsp3) is 0.588. The van der Waals surface area contributed by atoms with Gasteiger partial charge < -0.3 is 29.7 Å². The highest BCUT2D eigenvalue weighted by atomic mass is 16.6. The van der Waals surface area contributed by atoms with Crippen molar-refractivity contribution in [3.63, 3.8) is 0 Å². The van der Waals surface area contributed by atoms with E-state index in [-0.39, 0.29) is 25.2 Å². The number of aliphatic hydroxyl groups excluding tert-OH is 1. The van der Waals surface area contributed by atoms with Crippen molar-refractivity contribution in [2.45, 2.75) is 96.9 Å². The summed E-state index contributed by atoms with van der Waals surface area (Å²) < 4.78 is 17.9. The maximum Gasteiger partial charge on any atom is 0.385 e. The van der Waals surface area contributed by atoms with Gasteiger partial charge in [-0.25, -0.2) is 4.79 Å². The van der Waals surface area contributed by atoms with Crippen molar-refractivity contribution < 1.29 is 43.6 Å². The highest BCUT2D eigenvalue weighted by Crippen LogP contribution is 2.64. The van der Waals surface area contributed by atoms with Crippen LogP contribution < -0.4 is 5.32 Å². The Kier molecular flexibility index (Phi) is 8.55. The van der Waals surface area contributed by atoms with Gasteiger partial charge in [0.25, 0.3) is 0 Å². The smallest absolute Gasteiger partial charge is 0.385 e. The lowest BCUT2D eigenvalue weighted by atomic mass is 9.43. The quantitative estimate of drug-likeness (QED) is 0.185. The first-order valence-electron chi connectivity index (χ1n) is 14.4. The minimum Gasteiger partial charge on any atom is -0.454 e. The number of amides is 1. The Morgan fingerprint density at radius 3 is 2.30 bits per heavy atom. The van der Waals surface area contributed by atoms with Crippen LogP contribution in [0, 0.1) is 70.5 Å². The van der Waals surface area contributed by atoms with Crippen LogP contribution in [0.15, 0.2) is 11.1 Å². The molecule has 3 aliphatic carbocycles. The van der Waals surface area contributed by atoms with E-state index in [0.29, 0.717) is 11.1 Å². The summed E-state index contributed by atoms with van der Waals surface area (Å²) in [6, 6.07) is -0.849. The molecule has 3 fully saturated rings. The molecule has 0 spiro atoms. The standard InChI is InChI=1S/C34H37NO9/c1-9-10-11-12-13-14-15-26(39)43-30-28-32(8,24(35-21(4)36)16-25-33(28,18-42-25)44-22(5)37)29(40)20(3)27-19(2)23(38)17-34(30,41)31(27,6)7/h1,20,23-25,28,30,38,41H,16-18H2,2-8H3,(H,35,36)/t20-,23+,24+,25-,28?,30?,32-,33+,34-/m1/s1. The first kappa shape index (κ1) is 32.8. The molecule has 0 aromatic heterocycles. The second kappa shape index (κ2) is 11.5. The van der Waals surface area contributed by atoms with Crippen LogP contribution in [0.4, 0.5) is 0 Å². The molecule has 1 heterocycles. The SMILES string of the molecule is C#CC#CC#CC#CC(=O)OC1C2[C@](C)(C(=O)[C@H](C)C3=C(C)[C@@H](O)C[C@]1(O)C3(C)C)[C@@H](NC(C)=O)C[C@H]1OC[C@@]21OC(C)=O. The normalized spacial score (nSPS) is 37.9. The topological polar surface area (TPSA) is 148 Å². The lowest BCUT2D eigenvalue weighted by Crippen LogP contribution is -2.82. The Hall–Kier alpha value is -4.06. The van der Waals surface area contributed by atoms with Crippen molar-refractivity contribution in [3.8, 4) is 47.9 Å². The monoisotopic (exact) mass is 603 g/mol. The Morgan fingerprint density at radius 1 is 1.09 bits per heavy atom. The summed E-state index contributed by atoms with van der Waals surface area (Å²) >= 11 is 0. The van der Waals surface area contributed by atoms with Crippen LogP contribution in [0.5, 0.6) is 0 Å². The molecule has 0 radical (unpaired) electrons. The van der Waals surface area contributed by atoms with Crippen LogP contribution in [-0.2, 0) is 33.4 Å². The van der Waals surface area contributed by atoms with Gasteiger partial charge in [0.05, 0.1) is 24.0 Å². The number of rotatable bonds is 3. The maximum atomic E-state index is 14.9. The molecule has 232 valence electrons. The highest BCUT2D eigenvalue weighted by molar-refractivity contribution is 5.93. The molecule has 4 rings (SSSR count). The summed E-state index contributed by atoms with van der Waals surface area (Å²) in [5.41, 5.74) is -5.27. The van der Waals surface area contributed by atoms with E-state index in [1.54, 1.807) is 34.6 Å². The molecule has 2 bridgehead atoms. The fourth-order valence-corrected chi connectivity index (χ4v) is 8.24. The van der Waals surface area contributed by atoms with Crippen LogP contribution in [0.1, 0.15) is 61.3 Å². The summed E-state index contributed by atoms with van der Waals surface area (Å²) in [6.45, 7) is 10.9. The van der Waals surface area contributed by atoms with E-state index >= 15 is 0 Å². The van der Waals surface area contributed by atoms with Gasteiger partial charge in [0, 0.05) is 43.6 Å². The summed E-state index contributed by atoms with van der Waals surface area (Å²) in [6.07, 6.45) is 1.37. The number of carbonyl (C=O) groups excluding carboxylic acids is 4. The van der Waals surface area contributed by atoms with Gasteiger partial charge in [-0.05, 0) is 60.0 Å². The predicted molar refractivity (Wildman–Crippen MR) is 156 cm³/mol. The van der Waals surface area contributed by atoms with Crippen LogP contribution in [0.2, 0.25) is 0 Å². The predicted octanol–water partition coefficient (Wildman–Crippen LogP) is 0.830. The maximum absolute atomic E-state index is 14.9. The average molecular weight is 604 g/mol. The minimum atomic E-state index is -2.01. The Bertz CT molecular complexity index is 1570. The van der Waals surface area contributed by atoms with E-state index in [1.807, 2.05) is 0 Å². The van der Waals surface area contributed by atoms with Crippen molar-refractivity contribution in [2.75, 3.05) is 6.61 Å².